The summed E-state index contributed by atoms with van der Waals surface area (Å²) >= 11 is 5.90. The number of nitro benzene ring substituents is 1. The predicted molar refractivity (Wildman–Crippen MR) is 93.9 cm³/mol. The van der Waals surface area contributed by atoms with Gasteiger partial charge in [0.1, 0.15) is 5.75 Å². The molecule has 0 unspecified atom stereocenters. The number of ether oxygens (including phenoxy) is 1. The summed E-state index contributed by atoms with van der Waals surface area (Å²) < 4.78 is 29.3. The van der Waals surface area contributed by atoms with Gasteiger partial charge in [0.25, 0.3) is 11.6 Å². The second kappa shape index (κ2) is 7.46. The van der Waals surface area contributed by atoms with E-state index in [-0.39, 0.29) is 22.7 Å². The molecule has 0 radical (unpaired) electrons. The summed E-state index contributed by atoms with van der Waals surface area (Å²) in [6.45, 7) is -3.13. The number of nitro groups is 1. The molecule has 1 amide bonds. The number of amides is 1. The maximum Gasteiger partial charge on any atom is 0.387 e. The summed E-state index contributed by atoms with van der Waals surface area (Å²) in [5.74, 6) is -0.841. The van der Waals surface area contributed by atoms with Gasteiger partial charge in [0.05, 0.1) is 16.8 Å². The fourth-order valence-corrected chi connectivity index (χ4v) is 2.50. The van der Waals surface area contributed by atoms with Crippen LogP contribution in [0.3, 0.4) is 0 Å². The lowest BCUT2D eigenvalue weighted by Gasteiger charge is -2.06. The molecular formula is C16H9ClF2N4O4. The zero-order valence-electron chi connectivity index (χ0n) is 13.2. The van der Waals surface area contributed by atoms with Crippen LogP contribution in [0.5, 0.6) is 5.75 Å². The van der Waals surface area contributed by atoms with Crippen LogP contribution in [0.15, 0.2) is 46.6 Å². The summed E-state index contributed by atoms with van der Waals surface area (Å²) in [5, 5.41) is 21.3. The van der Waals surface area contributed by atoms with E-state index in [9.17, 15) is 23.7 Å². The highest BCUT2D eigenvalue weighted by Crippen LogP contribution is 2.27. The van der Waals surface area contributed by atoms with E-state index in [2.05, 4.69) is 20.3 Å². The quantitative estimate of drug-likeness (QED) is 0.474. The van der Waals surface area contributed by atoms with Crippen LogP contribution < -0.4 is 10.1 Å². The molecule has 2 aromatic carbocycles. The number of nitrogens with zero attached hydrogens (tertiary/aromatic N) is 3. The number of non-ortho nitro benzene ring substituents is 1. The second-order valence-electron chi connectivity index (χ2n) is 5.19. The van der Waals surface area contributed by atoms with Crippen molar-refractivity contribution in [2.24, 2.45) is 10.2 Å². The molecule has 0 saturated heterocycles. The summed E-state index contributed by atoms with van der Waals surface area (Å²) in [7, 11) is 0. The highest BCUT2D eigenvalue weighted by molar-refractivity contribution is 6.54. The van der Waals surface area contributed by atoms with Gasteiger partial charge in [-0.15, -0.1) is 5.10 Å². The van der Waals surface area contributed by atoms with Crippen molar-refractivity contribution in [2.75, 3.05) is 5.32 Å². The van der Waals surface area contributed by atoms with Gasteiger partial charge in [-0.1, -0.05) is 11.6 Å². The first-order chi connectivity index (χ1) is 12.8. The van der Waals surface area contributed by atoms with Crippen molar-refractivity contribution in [3.8, 4) is 5.75 Å². The lowest BCUT2D eigenvalue weighted by molar-refractivity contribution is -0.384. The predicted octanol–water partition coefficient (Wildman–Crippen LogP) is 3.62. The highest BCUT2D eigenvalue weighted by atomic mass is 35.5. The van der Waals surface area contributed by atoms with Crippen molar-refractivity contribution in [3.05, 3.63) is 62.7 Å². The number of fused-ring (bicyclic) bond motifs is 1. The molecule has 0 bridgehead atoms. The van der Waals surface area contributed by atoms with Crippen molar-refractivity contribution in [1.29, 1.82) is 0 Å². The first kappa shape index (κ1) is 18.4. The van der Waals surface area contributed by atoms with Gasteiger partial charge >= 0.3 is 6.61 Å². The van der Waals surface area contributed by atoms with E-state index in [4.69, 9.17) is 11.6 Å². The largest absolute Gasteiger partial charge is 0.434 e. The van der Waals surface area contributed by atoms with Crippen LogP contribution in [-0.4, -0.2) is 29.4 Å². The Morgan fingerprint density at radius 2 is 2.04 bits per heavy atom. The number of rotatable bonds is 5. The minimum absolute atomic E-state index is 0.0366. The highest BCUT2D eigenvalue weighted by Gasteiger charge is 2.26. The molecule has 1 N–H and O–H groups in total. The van der Waals surface area contributed by atoms with E-state index in [0.29, 0.717) is 16.3 Å². The smallest absolute Gasteiger partial charge is 0.387 e. The number of hydrogen-bond donors (Lipinski definition) is 1. The van der Waals surface area contributed by atoms with Gasteiger partial charge in [-0.3, -0.25) is 14.9 Å². The summed E-state index contributed by atoms with van der Waals surface area (Å²) in [4.78, 5) is 22.1. The minimum Gasteiger partial charge on any atom is -0.434 e. The van der Waals surface area contributed by atoms with Gasteiger partial charge in [-0.2, -0.15) is 13.9 Å². The van der Waals surface area contributed by atoms with Gasteiger partial charge in [-0.05, 0) is 24.3 Å². The Morgan fingerprint density at radius 3 is 2.74 bits per heavy atom. The number of halogens is 3. The third-order valence-electron chi connectivity index (χ3n) is 3.47. The van der Waals surface area contributed by atoms with Crippen molar-refractivity contribution in [3.63, 3.8) is 0 Å². The zero-order valence-corrected chi connectivity index (χ0v) is 14.0. The molecule has 0 aliphatic carbocycles. The molecular weight excluding hydrogens is 386 g/mol. The molecule has 0 aromatic heterocycles. The van der Waals surface area contributed by atoms with E-state index in [0.717, 1.165) is 24.4 Å². The molecule has 11 heteroatoms. The minimum atomic E-state index is -3.13. The fourth-order valence-electron chi connectivity index (χ4n) is 2.33. The summed E-state index contributed by atoms with van der Waals surface area (Å²) in [5.41, 5.74) is 0.439. The molecule has 138 valence electrons. The van der Waals surface area contributed by atoms with Crippen LogP contribution in [-0.2, 0) is 4.79 Å². The zero-order chi connectivity index (χ0) is 19.6. The third-order valence-corrected chi connectivity index (χ3v) is 3.71. The molecule has 1 heterocycles. The molecule has 8 nitrogen and oxygen atoms in total. The van der Waals surface area contributed by atoms with Crippen LogP contribution in [0.25, 0.3) is 0 Å². The van der Waals surface area contributed by atoms with Gasteiger partial charge in [0.2, 0.25) is 0 Å². The Kier molecular flexibility index (Phi) is 5.08. The van der Waals surface area contributed by atoms with E-state index in [1.807, 2.05) is 0 Å². The monoisotopic (exact) mass is 394 g/mol. The number of alkyl halides is 2. The number of hydrogen-bond acceptors (Lipinski definition) is 6. The van der Waals surface area contributed by atoms with Crippen molar-refractivity contribution >= 4 is 40.8 Å². The van der Waals surface area contributed by atoms with Crippen LogP contribution in [0, 0.1) is 10.1 Å². The number of anilines is 1. The molecule has 0 spiro atoms. The molecule has 1 aliphatic heterocycles. The average Bonchev–Trinajstić information content (AvgIpc) is 2.90. The van der Waals surface area contributed by atoms with Crippen molar-refractivity contribution < 1.29 is 23.2 Å². The molecule has 3 rings (SSSR count). The first-order valence-corrected chi connectivity index (χ1v) is 7.68. The Balaban J connectivity index is 1.95. The van der Waals surface area contributed by atoms with Crippen molar-refractivity contribution in [1.82, 2.24) is 0 Å². The average molecular weight is 395 g/mol. The summed E-state index contributed by atoms with van der Waals surface area (Å²) in [6.07, 6.45) is 0.980. The molecule has 2 aromatic rings. The normalized spacial score (nSPS) is 14.7. The van der Waals surface area contributed by atoms with Crippen LogP contribution in [0.2, 0.25) is 5.02 Å². The Bertz CT molecular complexity index is 994. The third kappa shape index (κ3) is 4.06. The topological polar surface area (TPSA) is 106 Å². The number of nitrogens with one attached hydrogen (secondary N) is 1. The molecule has 0 atom stereocenters. The summed E-state index contributed by atoms with van der Waals surface area (Å²) in [6, 6.07) is 7.74. The molecule has 1 aliphatic rings. The van der Waals surface area contributed by atoms with Gasteiger partial charge < -0.3 is 10.1 Å². The standard InChI is InChI=1S/C16H9ClF2N4O4/c17-9-1-3-12-11(6-9)14(15(24)21-12)22-20-7-8-5-10(23(25)26)2-4-13(8)27-16(18)19/h1-7,16H,(H,21,22,24)/b20-7-. The van der Waals surface area contributed by atoms with Crippen molar-refractivity contribution in [2.45, 2.75) is 6.61 Å². The van der Waals surface area contributed by atoms with Crippen LogP contribution in [0.4, 0.5) is 20.2 Å². The fraction of sp³-hybridized carbons (Fsp3) is 0.0625. The molecule has 0 fully saturated rings. The Morgan fingerprint density at radius 1 is 1.26 bits per heavy atom. The molecule has 0 saturated carbocycles. The number of carbonyl (C=O) groups is 1. The van der Waals surface area contributed by atoms with Crippen LogP contribution >= 0.6 is 11.6 Å². The van der Waals surface area contributed by atoms with E-state index in [1.165, 1.54) is 6.07 Å². The lowest BCUT2D eigenvalue weighted by atomic mass is 10.1. The van der Waals surface area contributed by atoms with E-state index < -0.39 is 17.4 Å². The second-order valence-corrected chi connectivity index (χ2v) is 5.63. The van der Waals surface area contributed by atoms with Gasteiger partial charge in [0.15, 0.2) is 5.71 Å². The van der Waals surface area contributed by atoms with E-state index in [1.54, 1.807) is 12.1 Å². The maximum absolute atomic E-state index is 12.5. The van der Waals surface area contributed by atoms with Crippen LogP contribution in [0.1, 0.15) is 11.1 Å². The van der Waals surface area contributed by atoms with Gasteiger partial charge in [-0.25, -0.2) is 0 Å². The first-order valence-electron chi connectivity index (χ1n) is 7.30. The number of benzene rings is 2. The Hall–Kier alpha value is -3.40. The van der Waals surface area contributed by atoms with Gasteiger partial charge in [0, 0.05) is 28.3 Å². The molecule has 27 heavy (non-hydrogen) atoms. The lowest BCUT2D eigenvalue weighted by Crippen LogP contribution is -2.13. The maximum atomic E-state index is 12.5. The number of carbonyl (C=O) groups excluding carboxylic acids is 1. The SMILES string of the molecule is O=C1Nc2ccc(Cl)cc2/C1=N\N=C/c1cc([N+](=O)[O-])ccc1OC(F)F. The Labute approximate surface area is 155 Å². The van der Waals surface area contributed by atoms with E-state index >= 15 is 0 Å².